The minimum atomic E-state index is 0.00736. The number of aromatic nitrogens is 2. The molecule has 4 nitrogen and oxygen atoms in total. The smallest absolute Gasteiger partial charge is 0.226 e. The van der Waals surface area contributed by atoms with E-state index in [9.17, 15) is 4.79 Å². The van der Waals surface area contributed by atoms with Gasteiger partial charge in [-0.05, 0) is 43.5 Å². The first-order valence-corrected chi connectivity index (χ1v) is 7.37. The van der Waals surface area contributed by atoms with Gasteiger partial charge in [0, 0.05) is 18.3 Å². The molecule has 21 heavy (non-hydrogen) atoms. The second-order valence-electron chi connectivity index (χ2n) is 5.82. The van der Waals surface area contributed by atoms with Crippen LogP contribution in [0.4, 0.5) is 5.69 Å². The van der Waals surface area contributed by atoms with Gasteiger partial charge in [-0.15, -0.1) is 0 Å². The molecule has 1 aromatic carbocycles. The van der Waals surface area contributed by atoms with Crippen molar-refractivity contribution in [3.8, 4) is 0 Å². The summed E-state index contributed by atoms with van der Waals surface area (Å²) in [6, 6.07) is 10.0. The molecule has 112 valence electrons. The summed E-state index contributed by atoms with van der Waals surface area (Å²) in [5, 5.41) is 7.27. The number of carbonyl (C=O) groups excluding carboxylic acids is 1. The lowest BCUT2D eigenvalue weighted by molar-refractivity contribution is -0.116. The number of amides is 1. The normalized spacial score (nSPS) is 12.4. The molecule has 1 unspecified atom stereocenters. The fourth-order valence-corrected chi connectivity index (χ4v) is 2.20. The molecule has 1 atom stereocenters. The van der Waals surface area contributed by atoms with Gasteiger partial charge in [0.15, 0.2) is 0 Å². The van der Waals surface area contributed by atoms with Crippen LogP contribution in [0.25, 0.3) is 0 Å². The third-order valence-corrected chi connectivity index (χ3v) is 3.54. The van der Waals surface area contributed by atoms with Gasteiger partial charge in [-0.3, -0.25) is 9.48 Å². The monoisotopic (exact) mass is 285 g/mol. The van der Waals surface area contributed by atoms with E-state index in [4.69, 9.17) is 0 Å². The van der Waals surface area contributed by atoms with Crippen molar-refractivity contribution >= 4 is 11.6 Å². The Kier molecular flexibility index (Phi) is 4.78. The van der Waals surface area contributed by atoms with E-state index in [1.54, 1.807) is 0 Å². The summed E-state index contributed by atoms with van der Waals surface area (Å²) in [6.45, 7) is 8.25. The molecular formula is C17H23N3O. The van der Waals surface area contributed by atoms with E-state index >= 15 is 0 Å². The summed E-state index contributed by atoms with van der Waals surface area (Å²) in [5.74, 6) is 0.505. The maximum atomic E-state index is 12.1. The number of nitrogens with one attached hydrogen (secondary N) is 1. The molecule has 0 spiro atoms. The van der Waals surface area contributed by atoms with Crippen LogP contribution in [0.3, 0.4) is 0 Å². The average Bonchev–Trinajstić information content (AvgIpc) is 2.86. The summed E-state index contributed by atoms with van der Waals surface area (Å²) in [7, 11) is 0. The van der Waals surface area contributed by atoms with Crippen molar-refractivity contribution in [2.45, 2.75) is 46.1 Å². The number of hydrogen-bond acceptors (Lipinski definition) is 2. The minimum Gasteiger partial charge on any atom is -0.326 e. The zero-order chi connectivity index (χ0) is 15.4. The van der Waals surface area contributed by atoms with E-state index < -0.39 is 0 Å². The van der Waals surface area contributed by atoms with Crippen LogP contribution < -0.4 is 5.32 Å². The first kappa shape index (κ1) is 15.3. The number of carbonyl (C=O) groups is 1. The summed E-state index contributed by atoms with van der Waals surface area (Å²) in [6.07, 6.45) is 2.32. The van der Waals surface area contributed by atoms with E-state index in [0.29, 0.717) is 12.3 Å². The summed E-state index contributed by atoms with van der Waals surface area (Å²) >= 11 is 0. The topological polar surface area (TPSA) is 46.9 Å². The number of anilines is 1. The van der Waals surface area contributed by atoms with Gasteiger partial charge in [-0.2, -0.15) is 5.10 Å². The van der Waals surface area contributed by atoms with Crippen LogP contribution in [-0.2, 0) is 4.79 Å². The van der Waals surface area contributed by atoms with Crippen LogP contribution in [0.2, 0.25) is 0 Å². The van der Waals surface area contributed by atoms with Gasteiger partial charge >= 0.3 is 0 Å². The maximum Gasteiger partial charge on any atom is 0.226 e. The van der Waals surface area contributed by atoms with Crippen molar-refractivity contribution in [1.29, 1.82) is 0 Å². The largest absolute Gasteiger partial charge is 0.326 e. The Bertz CT molecular complexity index is 599. The first-order chi connectivity index (χ1) is 9.95. The Labute approximate surface area is 126 Å². The minimum absolute atomic E-state index is 0.00736. The number of rotatable bonds is 5. The molecular weight excluding hydrogens is 262 g/mol. The molecule has 0 radical (unpaired) electrons. The van der Waals surface area contributed by atoms with Crippen molar-refractivity contribution in [2.75, 3.05) is 5.32 Å². The lowest BCUT2D eigenvalue weighted by Gasteiger charge is -2.13. The lowest BCUT2D eigenvalue weighted by Crippen LogP contribution is -2.18. The Hall–Kier alpha value is -2.10. The highest BCUT2D eigenvalue weighted by Gasteiger charge is 2.12. The molecule has 1 aromatic heterocycles. The van der Waals surface area contributed by atoms with Crippen molar-refractivity contribution in [2.24, 2.45) is 0 Å². The van der Waals surface area contributed by atoms with Gasteiger partial charge in [-0.25, -0.2) is 0 Å². The number of aryl methyl sites for hydroxylation is 1. The fourth-order valence-electron chi connectivity index (χ4n) is 2.20. The van der Waals surface area contributed by atoms with E-state index in [-0.39, 0.29) is 11.9 Å². The highest BCUT2D eigenvalue weighted by Crippen LogP contribution is 2.18. The summed E-state index contributed by atoms with van der Waals surface area (Å²) in [5.41, 5.74) is 3.08. The van der Waals surface area contributed by atoms with Crippen molar-refractivity contribution in [1.82, 2.24) is 9.78 Å². The van der Waals surface area contributed by atoms with E-state index in [0.717, 1.165) is 11.4 Å². The van der Waals surface area contributed by atoms with Gasteiger partial charge in [0.05, 0.1) is 11.7 Å². The molecule has 1 amide bonds. The first-order valence-electron chi connectivity index (χ1n) is 7.37. The van der Waals surface area contributed by atoms with Crippen LogP contribution in [0.5, 0.6) is 0 Å². The predicted molar refractivity (Wildman–Crippen MR) is 85.5 cm³/mol. The third kappa shape index (κ3) is 4.18. The molecule has 2 aromatic rings. The third-order valence-electron chi connectivity index (χ3n) is 3.54. The van der Waals surface area contributed by atoms with Gasteiger partial charge in [0.1, 0.15) is 0 Å². The van der Waals surface area contributed by atoms with Crippen LogP contribution in [0, 0.1) is 6.92 Å². The second-order valence-corrected chi connectivity index (χ2v) is 5.82. The number of hydrogen-bond donors (Lipinski definition) is 1. The quantitative estimate of drug-likeness (QED) is 0.905. The van der Waals surface area contributed by atoms with Gasteiger partial charge in [-0.1, -0.05) is 26.0 Å². The summed E-state index contributed by atoms with van der Waals surface area (Å²) in [4.78, 5) is 12.1. The van der Waals surface area contributed by atoms with Gasteiger partial charge in [0.25, 0.3) is 0 Å². The number of nitrogens with zero attached hydrogens (tertiary/aromatic N) is 2. The highest BCUT2D eigenvalue weighted by molar-refractivity contribution is 5.90. The molecule has 0 bridgehead atoms. The van der Waals surface area contributed by atoms with E-state index in [1.165, 1.54) is 5.56 Å². The molecule has 0 saturated heterocycles. The van der Waals surface area contributed by atoms with Crippen LogP contribution in [0.15, 0.2) is 36.5 Å². The Morgan fingerprint density at radius 2 is 1.86 bits per heavy atom. The Balaban J connectivity index is 1.92. The number of benzene rings is 1. The van der Waals surface area contributed by atoms with Crippen LogP contribution >= 0.6 is 0 Å². The molecule has 0 saturated carbocycles. The predicted octanol–water partition coefficient (Wildman–Crippen LogP) is 3.90. The molecule has 1 heterocycles. The van der Waals surface area contributed by atoms with E-state index in [1.807, 2.05) is 42.9 Å². The maximum absolute atomic E-state index is 12.1. The van der Waals surface area contributed by atoms with E-state index in [2.05, 4.69) is 36.4 Å². The SMILES string of the molecule is Cc1ccn(C(C)CC(=O)Nc2ccc(C(C)C)cc2)n1. The molecule has 0 fully saturated rings. The zero-order valence-corrected chi connectivity index (χ0v) is 13.1. The van der Waals surface area contributed by atoms with Gasteiger partial charge < -0.3 is 5.32 Å². The molecule has 2 rings (SSSR count). The lowest BCUT2D eigenvalue weighted by atomic mass is 10.0. The van der Waals surface area contributed by atoms with Crippen LogP contribution in [-0.4, -0.2) is 15.7 Å². The Morgan fingerprint density at radius 3 is 2.38 bits per heavy atom. The van der Waals surface area contributed by atoms with Crippen LogP contribution in [0.1, 0.15) is 50.4 Å². The summed E-state index contributed by atoms with van der Waals surface area (Å²) < 4.78 is 1.83. The standard InChI is InChI=1S/C17H23N3O/c1-12(2)15-5-7-16(8-6-15)18-17(21)11-14(4)20-10-9-13(3)19-20/h5-10,12,14H,11H2,1-4H3,(H,18,21). The fraction of sp³-hybridized carbons (Fsp3) is 0.412. The molecule has 0 aliphatic heterocycles. The molecule has 0 aliphatic carbocycles. The van der Waals surface area contributed by atoms with Gasteiger partial charge in [0.2, 0.25) is 5.91 Å². The van der Waals surface area contributed by atoms with Crippen molar-refractivity contribution in [3.05, 3.63) is 47.8 Å². The molecule has 0 aliphatic rings. The van der Waals surface area contributed by atoms with Crippen molar-refractivity contribution < 1.29 is 4.79 Å². The van der Waals surface area contributed by atoms with Crippen molar-refractivity contribution in [3.63, 3.8) is 0 Å². The molecule has 4 heteroatoms. The zero-order valence-electron chi connectivity index (χ0n) is 13.1. The average molecular weight is 285 g/mol. The second kappa shape index (κ2) is 6.57. The molecule has 1 N–H and O–H groups in total. The highest BCUT2D eigenvalue weighted by atomic mass is 16.1. The Morgan fingerprint density at radius 1 is 1.19 bits per heavy atom.